The Balaban J connectivity index is 1.31. The van der Waals surface area contributed by atoms with Gasteiger partial charge in [0.25, 0.3) is 0 Å². The number of furan rings is 1. The Morgan fingerprint density at radius 2 is 2.16 bits per heavy atom. The zero-order valence-electron chi connectivity index (χ0n) is 15.0. The summed E-state index contributed by atoms with van der Waals surface area (Å²) in [5, 5.41) is 5.14. The molecule has 2 aromatic heterocycles. The summed E-state index contributed by atoms with van der Waals surface area (Å²) in [6, 6.07) is 6.83. The number of amides is 1. The highest BCUT2D eigenvalue weighted by Crippen LogP contribution is 2.47. The van der Waals surface area contributed by atoms with Crippen LogP contribution in [0.4, 0.5) is 0 Å². The van der Waals surface area contributed by atoms with Crippen LogP contribution in [0.2, 0.25) is 0 Å². The van der Waals surface area contributed by atoms with Gasteiger partial charge in [0.15, 0.2) is 0 Å². The van der Waals surface area contributed by atoms with Crippen molar-refractivity contribution in [1.82, 2.24) is 10.2 Å². The second kappa shape index (κ2) is 6.96. The molecule has 0 saturated heterocycles. The molecule has 2 fully saturated rings. The van der Waals surface area contributed by atoms with Gasteiger partial charge in [-0.1, -0.05) is 6.92 Å². The van der Waals surface area contributed by atoms with Crippen molar-refractivity contribution >= 4 is 17.2 Å². The van der Waals surface area contributed by atoms with Gasteiger partial charge in [0.05, 0.1) is 19.6 Å². The first kappa shape index (κ1) is 16.9. The molecule has 25 heavy (non-hydrogen) atoms. The number of rotatable bonds is 8. The summed E-state index contributed by atoms with van der Waals surface area (Å²) in [4.78, 5) is 15.9. The second-order valence-electron chi connectivity index (χ2n) is 7.56. The van der Waals surface area contributed by atoms with Gasteiger partial charge >= 0.3 is 0 Å². The third-order valence-electron chi connectivity index (χ3n) is 5.34. The summed E-state index contributed by atoms with van der Waals surface area (Å²) >= 11 is 1.70. The predicted octanol–water partition coefficient (Wildman–Crippen LogP) is 4.05. The van der Waals surface area contributed by atoms with Crippen molar-refractivity contribution in [2.45, 2.75) is 58.2 Å². The van der Waals surface area contributed by atoms with Crippen molar-refractivity contribution < 1.29 is 9.21 Å². The molecule has 2 atom stereocenters. The maximum atomic E-state index is 12.4. The second-order valence-corrected chi connectivity index (χ2v) is 8.56. The molecule has 2 heterocycles. The lowest BCUT2D eigenvalue weighted by atomic mass is 10.3. The highest BCUT2D eigenvalue weighted by molar-refractivity contribution is 7.10. The van der Waals surface area contributed by atoms with Crippen LogP contribution in [0.1, 0.15) is 54.1 Å². The topological polar surface area (TPSA) is 45.5 Å². The van der Waals surface area contributed by atoms with E-state index in [9.17, 15) is 4.79 Å². The van der Waals surface area contributed by atoms with E-state index in [4.69, 9.17) is 4.42 Å². The van der Waals surface area contributed by atoms with E-state index in [0.29, 0.717) is 25.0 Å². The van der Waals surface area contributed by atoms with Crippen molar-refractivity contribution in [2.24, 2.45) is 5.92 Å². The molecule has 0 spiro atoms. The summed E-state index contributed by atoms with van der Waals surface area (Å²) in [7, 11) is 0. The summed E-state index contributed by atoms with van der Waals surface area (Å²) < 4.78 is 6.03. The van der Waals surface area contributed by atoms with Crippen molar-refractivity contribution in [1.29, 1.82) is 0 Å². The minimum absolute atomic E-state index is 0.0993. The SMILES string of the molecule is Cc1ccsc1CNC(=O)CN(Cc1ccc(C2CC2C)o1)C1CC1. The van der Waals surface area contributed by atoms with Crippen LogP contribution in [0.25, 0.3) is 0 Å². The van der Waals surface area contributed by atoms with Crippen molar-refractivity contribution in [3.63, 3.8) is 0 Å². The number of nitrogens with zero attached hydrogens (tertiary/aromatic N) is 1. The summed E-state index contributed by atoms with van der Waals surface area (Å²) in [5.74, 6) is 3.58. The highest BCUT2D eigenvalue weighted by atomic mass is 32.1. The van der Waals surface area contributed by atoms with E-state index in [2.05, 4.69) is 47.6 Å². The highest BCUT2D eigenvalue weighted by Gasteiger charge is 2.37. The average Bonchev–Trinajstić information content (AvgIpc) is 3.47. The molecule has 2 aliphatic rings. The van der Waals surface area contributed by atoms with Crippen LogP contribution < -0.4 is 5.32 Å². The fraction of sp³-hybridized carbons (Fsp3) is 0.550. The maximum Gasteiger partial charge on any atom is 0.234 e. The van der Waals surface area contributed by atoms with Gasteiger partial charge in [-0.25, -0.2) is 0 Å². The first-order chi connectivity index (χ1) is 12.1. The van der Waals surface area contributed by atoms with Gasteiger partial charge in [-0.3, -0.25) is 9.69 Å². The molecule has 134 valence electrons. The molecule has 0 bridgehead atoms. The zero-order chi connectivity index (χ0) is 17.4. The Morgan fingerprint density at radius 1 is 1.36 bits per heavy atom. The zero-order valence-corrected chi connectivity index (χ0v) is 15.8. The molecular weight excluding hydrogens is 332 g/mol. The lowest BCUT2D eigenvalue weighted by Gasteiger charge is -2.20. The van der Waals surface area contributed by atoms with Gasteiger partial charge in [0.2, 0.25) is 5.91 Å². The number of hydrogen-bond acceptors (Lipinski definition) is 4. The third-order valence-corrected chi connectivity index (χ3v) is 6.36. The average molecular weight is 359 g/mol. The maximum absolute atomic E-state index is 12.4. The summed E-state index contributed by atoms with van der Waals surface area (Å²) in [6.07, 6.45) is 3.61. The van der Waals surface area contributed by atoms with Crippen molar-refractivity contribution in [3.05, 3.63) is 45.5 Å². The molecule has 2 unspecified atom stereocenters. The van der Waals surface area contributed by atoms with Crippen LogP contribution in [0.3, 0.4) is 0 Å². The van der Waals surface area contributed by atoms with E-state index in [1.54, 1.807) is 11.3 Å². The standard InChI is InChI=1S/C20H26N2O2S/c1-13-7-8-25-19(13)10-21-20(23)12-22(15-3-4-15)11-16-5-6-18(24-16)17-9-14(17)2/h5-8,14-15,17H,3-4,9-12H2,1-2H3,(H,21,23). The number of nitrogens with one attached hydrogen (secondary N) is 1. The summed E-state index contributed by atoms with van der Waals surface area (Å²) in [6.45, 7) is 6.17. The molecule has 0 aromatic carbocycles. The molecule has 2 aromatic rings. The predicted molar refractivity (Wildman–Crippen MR) is 99.6 cm³/mol. The molecule has 1 amide bonds. The van der Waals surface area contributed by atoms with E-state index in [0.717, 1.165) is 24.0 Å². The minimum Gasteiger partial charge on any atom is -0.464 e. The first-order valence-corrected chi connectivity index (χ1v) is 10.1. The fourth-order valence-electron chi connectivity index (χ4n) is 3.36. The third kappa shape index (κ3) is 4.15. The van der Waals surface area contributed by atoms with Crippen LogP contribution in [-0.4, -0.2) is 23.4 Å². The van der Waals surface area contributed by atoms with Crippen molar-refractivity contribution in [2.75, 3.05) is 6.54 Å². The van der Waals surface area contributed by atoms with Crippen LogP contribution in [-0.2, 0) is 17.9 Å². The van der Waals surface area contributed by atoms with Gasteiger partial charge < -0.3 is 9.73 Å². The lowest BCUT2D eigenvalue weighted by molar-refractivity contribution is -0.122. The molecule has 0 aliphatic heterocycles. The number of carbonyl (C=O) groups is 1. The van der Waals surface area contributed by atoms with Crippen LogP contribution in [0.15, 0.2) is 28.0 Å². The Hall–Kier alpha value is -1.59. The van der Waals surface area contributed by atoms with Crippen LogP contribution in [0, 0.1) is 12.8 Å². The molecule has 2 aliphatic carbocycles. The molecule has 4 rings (SSSR count). The van der Waals surface area contributed by atoms with E-state index in [1.807, 2.05) is 0 Å². The minimum atomic E-state index is 0.0993. The number of thiophene rings is 1. The van der Waals surface area contributed by atoms with E-state index in [-0.39, 0.29) is 5.91 Å². The largest absolute Gasteiger partial charge is 0.464 e. The molecular formula is C20H26N2O2S. The van der Waals surface area contributed by atoms with Gasteiger partial charge in [-0.15, -0.1) is 11.3 Å². The van der Waals surface area contributed by atoms with Gasteiger partial charge in [-0.2, -0.15) is 0 Å². The smallest absolute Gasteiger partial charge is 0.234 e. The quantitative estimate of drug-likeness (QED) is 0.774. The fourth-order valence-corrected chi connectivity index (χ4v) is 4.20. The van der Waals surface area contributed by atoms with Gasteiger partial charge in [0.1, 0.15) is 11.5 Å². The Bertz CT molecular complexity index is 746. The van der Waals surface area contributed by atoms with E-state index in [1.165, 1.54) is 29.7 Å². The summed E-state index contributed by atoms with van der Waals surface area (Å²) in [5.41, 5.74) is 1.25. The molecule has 0 radical (unpaired) electrons. The van der Waals surface area contributed by atoms with Gasteiger partial charge in [-0.05, 0) is 61.2 Å². The molecule has 5 heteroatoms. The van der Waals surface area contributed by atoms with Crippen LogP contribution in [0.5, 0.6) is 0 Å². The Morgan fingerprint density at radius 3 is 2.80 bits per heavy atom. The van der Waals surface area contributed by atoms with Crippen molar-refractivity contribution in [3.8, 4) is 0 Å². The molecule has 4 nitrogen and oxygen atoms in total. The Kier molecular flexibility index (Phi) is 4.69. The number of aryl methyl sites for hydroxylation is 1. The normalized spacial score (nSPS) is 22.4. The molecule has 2 saturated carbocycles. The van der Waals surface area contributed by atoms with Gasteiger partial charge in [0, 0.05) is 16.8 Å². The first-order valence-electron chi connectivity index (χ1n) is 9.22. The number of hydrogen-bond donors (Lipinski definition) is 1. The Labute approximate surface area is 153 Å². The van der Waals surface area contributed by atoms with Crippen LogP contribution >= 0.6 is 11.3 Å². The number of carbonyl (C=O) groups excluding carboxylic acids is 1. The monoisotopic (exact) mass is 358 g/mol. The molecule has 1 N–H and O–H groups in total. The lowest BCUT2D eigenvalue weighted by Crippen LogP contribution is -2.37. The van der Waals surface area contributed by atoms with E-state index >= 15 is 0 Å². The van der Waals surface area contributed by atoms with E-state index < -0.39 is 0 Å².